The molecule has 0 saturated carbocycles. The minimum atomic E-state index is -1.06. The first kappa shape index (κ1) is 11.2. The largest absolute Gasteiger partial charge is 0.476 e. The van der Waals surface area contributed by atoms with Crippen LogP contribution in [-0.2, 0) is 0 Å². The molecule has 0 fully saturated rings. The van der Waals surface area contributed by atoms with Crippen molar-refractivity contribution < 1.29 is 9.90 Å². The molecule has 0 spiro atoms. The molecule has 0 unspecified atom stereocenters. The van der Waals surface area contributed by atoms with Crippen LogP contribution in [0.15, 0.2) is 28.7 Å². The number of rotatable bonds is 2. The van der Waals surface area contributed by atoms with Crippen LogP contribution in [0.1, 0.15) is 10.5 Å². The van der Waals surface area contributed by atoms with Gasteiger partial charge in [-0.05, 0) is 28.1 Å². The van der Waals surface area contributed by atoms with Crippen LogP contribution < -0.4 is 0 Å². The van der Waals surface area contributed by atoms with Gasteiger partial charge in [-0.15, -0.1) is 0 Å². The Morgan fingerprint density at radius 3 is 2.50 bits per heavy atom. The van der Waals surface area contributed by atoms with Gasteiger partial charge in [0.25, 0.3) is 0 Å². The topological polar surface area (TPSA) is 66.0 Å². The van der Waals surface area contributed by atoms with E-state index >= 15 is 0 Å². The van der Waals surface area contributed by atoms with Gasteiger partial charge < -0.3 is 5.11 Å². The zero-order valence-electron chi connectivity index (χ0n) is 7.87. The van der Waals surface area contributed by atoms with E-state index in [2.05, 4.69) is 26.1 Å². The fraction of sp³-hybridized carbons (Fsp3) is 0. The highest BCUT2D eigenvalue weighted by Gasteiger charge is 2.17. The quantitative estimate of drug-likeness (QED) is 0.895. The van der Waals surface area contributed by atoms with Gasteiger partial charge in [-0.1, -0.05) is 23.7 Å². The van der Waals surface area contributed by atoms with Gasteiger partial charge in [0.2, 0.25) is 0 Å². The van der Waals surface area contributed by atoms with E-state index < -0.39 is 5.97 Å². The summed E-state index contributed by atoms with van der Waals surface area (Å²) in [6.45, 7) is 0. The molecular formula is C10H6BrClN2O2. The first-order valence-electron chi connectivity index (χ1n) is 4.32. The SMILES string of the molecule is O=C(O)c1[nH]nc(-c2ccc(Cl)cc2)c1Br. The van der Waals surface area contributed by atoms with E-state index in [0.717, 1.165) is 5.56 Å². The van der Waals surface area contributed by atoms with Crippen molar-refractivity contribution in [1.82, 2.24) is 10.2 Å². The monoisotopic (exact) mass is 300 g/mol. The van der Waals surface area contributed by atoms with Crippen molar-refractivity contribution in [2.75, 3.05) is 0 Å². The molecule has 0 atom stereocenters. The lowest BCUT2D eigenvalue weighted by molar-refractivity contribution is 0.0689. The van der Waals surface area contributed by atoms with Crippen LogP contribution in [0.3, 0.4) is 0 Å². The van der Waals surface area contributed by atoms with Crippen LogP contribution >= 0.6 is 27.5 Å². The Balaban J connectivity index is 2.49. The van der Waals surface area contributed by atoms with Crippen LogP contribution in [0.25, 0.3) is 11.3 Å². The summed E-state index contributed by atoms with van der Waals surface area (Å²) in [6.07, 6.45) is 0. The molecular weight excluding hydrogens is 295 g/mol. The highest BCUT2D eigenvalue weighted by atomic mass is 79.9. The number of aromatic carboxylic acids is 1. The van der Waals surface area contributed by atoms with Crippen molar-refractivity contribution in [3.05, 3.63) is 39.5 Å². The number of aromatic nitrogens is 2. The molecule has 0 aliphatic carbocycles. The predicted octanol–water partition coefficient (Wildman–Crippen LogP) is 3.19. The molecule has 2 rings (SSSR count). The summed E-state index contributed by atoms with van der Waals surface area (Å²) < 4.78 is 0.433. The zero-order valence-corrected chi connectivity index (χ0v) is 10.2. The van der Waals surface area contributed by atoms with E-state index in [4.69, 9.17) is 16.7 Å². The highest BCUT2D eigenvalue weighted by Crippen LogP contribution is 2.29. The average molecular weight is 302 g/mol. The minimum Gasteiger partial charge on any atom is -0.476 e. The Morgan fingerprint density at radius 1 is 1.38 bits per heavy atom. The second kappa shape index (κ2) is 4.27. The Labute approximate surface area is 104 Å². The number of hydrogen-bond acceptors (Lipinski definition) is 2. The number of nitrogens with one attached hydrogen (secondary N) is 1. The van der Waals surface area contributed by atoms with E-state index in [1.807, 2.05) is 0 Å². The lowest BCUT2D eigenvalue weighted by Crippen LogP contribution is -1.96. The van der Waals surface area contributed by atoms with Gasteiger partial charge >= 0.3 is 5.97 Å². The maximum atomic E-state index is 10.8. The number of aromatic amines is 1. The van der Waals surface area contributed by atoms with E-state index in [-0.39, 0.29) is 5.69 Å². The van der Waals surface area contributed by atoms with Crippen LogP contribution in [-0.4, -0.2) is 21.3 Å². The number of benzene rings is 1. The molecule has 82 valence electrons. The van der Waals surface area contributed by atoms with Crippen LogP contribution in [0, 0.1) is 0 Å². The summed E-state index contributed by atoms with van der Waals surface area (Å²) in [4.78, 5) is 10.8. The molecule has 2 aromatic rings. The summed E-state index contributed by atoms with van der Waals surface area (Å²) in [6, 6.07) is 6.99. The second-order valence-electron chi connectivity index (χ2n) is 3.07. The van der Waals surface area contributed by atoms with Crippen molar-refractivity contribution in [3.8, 4) is 11.3 Å². The van der Waals surface area contributed by atoms with Crippen molar-refractivity contribution >= 4 is 33.5 Å². The number of hydrogen-bond donors (Lipinski definition) is 2. The Bertz CT molecular complexity index is 536. The van der Waals surface area contributed by atoms with Gasteiger partial charge in [0.05, 0.1) is 4.47 Å². The maximum absolute atomic E-state index is 10.8. The zero-order chi connectivity index (χ0) is 11.7. The molecule has 0 aliphatic heterocycles. The summed E-state index contributed by atoms with van der Waals surface area (Å²) >= 11 is 8.96. The van der Waals surface area contributed by atoms with Crippen LogP contribution in [0.2, 0.25) is 5.02 Å². The lowest BCUT2D eigenvalue weighted by Gasteiger charge is -1.97. The third kappa shape index (κ3) is 1.96. The van der Waals surface area contributed by atoms with E-state index in [0.29, 0.717) is 15.2 Å². The standard InChI is InChI=1S/C10H6BrClN2O2/c11-7-8(13-14-9(7)10(15)16)5-1-3-6(12)4-2-5/h1-4H,(H,13,14)(H,15,16). The molecule has 16 heavy (non-hydrogen) atoms. The molecule has 1 heterocycles. The van der Waals surface area contributed by atoms with Crippen molar-refractivity contribution in [2.45, 2.75) is 0 Å². The molecule has 0 bridgehead atoms. The summed E-state index contributed by atoms with van der Waals surface area (Å²) in [7, 11) is 0. The van der Waals surface area contributed by atoms with Crippen molar-refractivity contribution in [1.29, 1.82) is 0 Å². The van der Waals surface area contributed by atoms with E-state index in [1.54, 1.807) is 24.3 Å². The molecule has 1 aromatic carbocycles. The summed E-state index contributed by atoms with van der Waals surface area (Å²) in [5, 5.41) is 15.9. The third-order valence-corrected chi connectivity index (χ3v) is 3.06. The van der Waals surface area contributed by atoms with Crippen molar-refractivity contribution in [3.63, 3.8) is 0 Å². The average Bonchev–Trinajstić information content (AvgIpc) is 2.61. The fourth-order valence-corrected chi connectivity index (χ4v) is 1.97. The molecule has 0 radical (unpaired) electrons. The number of carbonyl (C=O) groups is 1. The van der Waals surface area contributed by atoms with Crippen LogP contribution in [0.4, 0.5) is 0 Å². The highest BCUT2D eigenvalue weighted by molar-refractivity contribution is 9.10. The second-order valence-corrected chi connectivity index (χ2v) is 4.30. The number of nitrogens with zero attached hydrogens (tertiary/aromatic N) is 1. The number of carboxylic acid groups (broad SMARTS) is 1. The van der Waals surface area contributed by atoms with Gasteiger partial charge in [-0.3, -0.25) is 5.10 Å². The lowest BCUT2D eigenvalue weighted by atomic mass is 10.1. The number of halogens is 2. The molecule has 2 N–H and O–H groups in total. The van der Waals surface area contributed by atoms with Crippen molar-refractivity contribution in [2.24, 2.45) is 0 Å². The van der Waals surface area contributed by atoms with E-state index in [9.17, 15) is 4.79 Å². The molecule has 0 saturated heterocycles. The number of carboxylic acids is 1. The van der Waals surface area contributed by atoms with Crippen LogP contribution in [0.5, 0.6) is 0 Å². The molecule has 0 amide bonds. The Hall–Kier alpha value is -1.33. The first-order chi connectivity index (χ1) is 7.59. The van der Waals surface area contributed by atoms with Gasteiger partial charge in [-0.2, -0.15) is 5.10 Å². The smallest absolute Gasteiger partial charge is 0.355 e. The maximum Gasteiger partial charge on any atom is 0.355 e. The van der Waals surface area contributed by atoms with Gasteiger partial charge in [0, 0.05) is 10.6 Å². The van der Waals surface area contributed by atoms with Gasteiger partial charge in [0.15, 0.2) is 5.69 Å². The molecule has 6 heteroatoms. The third-order valence-electron chi connectivity index (χ3n) is 2.04. The Morgan fingerprint density at radius 2 is 2.00 bits per heavy atom. The molecule has 4 nitrogen and oxygen atoms in total. The molecule has 1 aromatic heterocycles. The van der Waals surface area contributed by atoms with Gasteiger partial charge in [-0.25, -0.2) is 4.79 Å². The predicted molar refractivity (Wildman–Crippen MR) is 63.7 cm³/mol. The minimum absolute atomic E-state index is 0.0324. The molecule has 0 aliphatic rings. The first-order valence-corrected chi connectivity index (χ1v) is 5.50. The normalized spacial score (nSPS) is 10.4. The summed E-state index contributed by atoms with van der Waals surface area (Å²) in [5.74, 6) is -1.06. The van der Waals surface area contributed by atoms with Gasteiger partial charge in [0.1, 0.15) is 5.69 Å². The summed E-state index contributed by atoms with van der Waals surface area (Å²) in [5.41, 5.74) is 1.37. The fourth-order valence-electron chi connectivity index (χ4n) is 1.27. The Kier molecular flexibility index (Phi) is 2.98. The number of H-pyrrole nitrogens is 1. The van der Waals surface area contributed by atoms with E-state index in [1.165, 1.54) is 0 Å².